The van der Waals surface area contributed by atoms with Gasteiger partial charge in [0.25, 0.3) is 0 Å². The lowest BCUT2D eigenvalue weighted by Gasteiger charge is -2.06. The van der Waals surface area contributed by atoms with E-state index in [1.165, 1.54) is 17.7 Å². The number of halogens is 1. The summed E-state index contributed by atoms with van der Waals surface area (Å²) >= 11 is 3.97. The fourth-order valence-electron chi connectivity index (χ4n) is 1.77. The Morgan fingerprint density at radius 2 is 2.12 bits per heavy atom. The molecule has 1 fully saturated rings. The second-order valence-corrected chi connectivity index (χ2v) is 6.68. The van der Waals surface area contributed by atoms with Crippen LogP contribution in [0.1, 0.15) is 29.3 Å². The highest BCUT2D eigenvalue weighted by Crippen LogP contribution is 2.42. The summed E-state index contributed by atoms with van der Waals surface area (Å²) in [6.45, 7) is 2.09. The van der Waals surface area contributed by atoms with Crippen LogP contribution in [0.5, 0.6) is 0 Å². The van der Waals surface area contributed by atoms with Crippen LogP contribution in [0.2, 0.25) is 0 Å². The van der Waals surface area contributed by atoms with Crippen LogP contribution in [0.3, 0.4) is 0 Å². The maximum Gasteiger partial charge on any atom is 0.171 e. The predicted octanol–water partition coefficient (Wildman–Crippen LogP) is 3.58. The van der Waals surface area contributed by atoms with Crippen LogP contribution in [0.15, 0.2) is 12.1 Å². The van der Waals surface area contributed by atoms with Gasteiger partial charge in [0.15, 0.2) is 5.82 Å². The zero-order valence-corrected chi connectivity index (χ0v) is 12.4. The summed E-state index contributed by atoms with van der Waals surface area (Å²) < 4.78 is 1.03. The summed E-state index contributed by atoms with van der Waals surface area (Å²) in [5.74, 6) is 2.00. The number of aryl methyl sites for hydroxylation is 1. The maximum absolute atomic E-state index is 5.98. The standard InChI is InChI=1S/C12H12IN3S/c1-6-2-5-8(17-6)12-15-10(7-3-4-7)9(13)11(14)16-12/h2,5,7H,3-4H2,1H3,(H2,14,15,16). The van der Waals surface area contributed by atoms with Crippen molar-refractivity contribution in [2.75, 3.05) is 5.73 Å². The molecule has 0 unspecified atom stereocenters. The fraction of sp³-hybridized carbons (Fsp3) is 0.333. The van der Waals surface area contributed by atoms with E-state index in [1.807, 2.05) is 0 Å². The Balaban J connectivity index is 2.11. The molecule has 2 N–H and O–H groups in total. The van der Waals surface area contributed by atoms with Gasteiger partial charge in [-0.3, -0.25) is 0 Å². The Kier molecular flexibility index (Phi) is 2.82. The van der Waals surface area contributed by atoms with Crippen molar-refractivity contribution >= 4 is 39.7 Å². The number of nitrogen functional groups attached to an aromatic ring is 1. The largest absolute Gasteiger partial charge is 0.383 e. The zero-order chi connectivity index (χ0) is 12.0. The molecule has 0 atom stereocenters. The van der Waals surface area contributed by atoms with E-state index in [-0.39, 0.29) is 0 Å². The lowest BCUT2D eigenvalue weighted by Crippen LogP contribution is -2.03. The monoisotopic (exact) mass is 357 g/mol. The molecule has 17 heavy (non-hydrogen) atoms. The van der Waals surface area contributed by atoms with Crippen molar-refractivity contribution in [3.63, 3.8) is 0 Å². The first kappa shape index (κ1) is 11.4. The summed E-state index contributed by atoms with van der Waals surface area (Å²) in [4.78, 5) is 11.5. The van der Waals surface area contributed by atoms with E-state index in [4.69, 9.17) is 10.7 Å². The molecule has 0 aromatic carbocycles. The first-order valence-electron chi connectivity index (χ1n) is 5.55. The van der Waals surface area contributed by atoms with Gasteiger partial charge in [-0.05, 0) is 54.5 Å². The van der Waals surface area contributed by atoms with Gasteiger partial charge in [-0.25, -0.2) is 9.97 Å². The van der Waals surface area contributed by atoms with Gasteiger partial charge in [0, 0.05) is 10.8 Å². The SMILES string of the molecule is Cc1ccc(-c2nc(N)c(I)c(C3CC3)n2)s1. The van der Waals surface area contributed by atoms with Crippen LogP contribution in [0, 0.1) is 10.5 Å². The number of aromatic nitrogens is 2. The Labute approximate surface area is 118 Å². The van der Waals surface area contributed by atoms with E-state index >= 15 is 0 Å². The lowest BCUT2D eigenvalue weighted by atomic mass is 10.2. The van der Waals surface area contributed by atoms with Crippen molar-refractivity contribution in [2.45, 2.75) is 25.7 Å². The summed E-state index contributed by atoms with van der Waals surface area (Å²) in [6, 6.07) is 4.16. The van der Waals surface area contributed by atoms with E-state index in [1.54, 1.807) is 11.3 Å². The molecule has 0 bridgehead atoms. The highest BCUT2D eigenvalue weighted by Gasteiger charge is 2.29. The number of anilines is 1. The Bertz CT molecular complexity index is 575. The third-order valence-corrected chi connectivity index (χ3v) is 4.93. The number of hydrogen-bond donors (Lipinski definition) is 1. The van der Waals surface area contributed by atoms with Crippen molar-refractivity contribution in [3.8, 4) is 10.7 Å². The van der Waals surface area contributed by atoms with Crippen LogP contribution in [-0.4, -0.2) is 9.97 Å². The highest BCUT2D eigenvalue weighted by atomic mass is 127. The minimum absolute atomic E-state index is 0.604. The molecular formula is C12H12IN3S. The van der Waals surface area contributed by atoms with Gasteiger partial charge in [-0.1, -0.05) is 0 Å². The van der Waals surface area contributed by atoms with Crippen LogP contribution in [0.25, 0.3) is 10.7 Å². The molecule has 1 aliphatic carbocycles. The molecule has 88 valence electrons. The van der Waals surface area contributed by atoms with Gasteiger partial charge in [-0.15, -0.1) is 11.3 Å². The smallest absolute Gasteiger partial charge is 0.171 e. The minimum atomic E-state index is 0.604. The average molecular weight is 357 g/mol. The Morgan fingerprint density at radius 3 is 2.71 bits per heavy atom. The normalized spacial score (nSPS) is 15.2. The molecule has 3 rings (SSSR count). The van der Waals surface area contributed by atoms with Gasteiger partial charge >= 0.3 is 0 Å². The van der Waals surface area contributed by atoms with Crippen molar-refractivity contribution in [2.24, 2.45) is 0 Å². The van der Waals surface area contributed by atoms with E-state index in [0.717, 1.165) is 20.0 Å². The summed E-state index contributed by atoms with van der Waals surface area (Å²) in [6.07, 6.45) is 2.46. The van der Waals surface area contributed by atoms with E-state index in [9.17, 15) is 0 Å². The molecule has 1 aliphatic rings. The molecule has 5 heteroatoms. The van der Waals surface area contributed by atoms with Crippen molar-refractivity contribution in [1.82, 2.24) is 9.97 Å². The maximum atomic E-state index is 5.98. The summed E-state index contributed by atoms with van der Waals surface area (Å²) in [7, 11) is 0. The molecule has 0 radical (unpaired) electrons. The Hall–Kier alpha value is -0.690. The number of nitrogens with two attached hydrogens (primary N) is 1. The van der Waals surface area contributed by atoms with Gasteiger partial charge in [0.05, 0.1) is 14.1 Å². The lowest BCUT2D eigenvalue weighted by molar-refractivity contribution is 0.985. The highest BCUT2D eigenvalue weighted by molar-refractivity contribution is 14.1. The van der Waals surface area contributed by atoms with Crippen molar-refractivity contribution in [3.05, 3.63) is 26.3 Å². The molecule has 2 aromatic rings. The van der Waals surface area contributed by atoms with Gasteiger partial charge in [0.1, 0.15) is 5.82 Å². The van der Waals surface area contributed by atoms with Crippen LogP contribution < -0.4 is 5.73 Å². The third kappa shape index (κ3) is 2.18. The first-order valence-corrected chi connectivity index (χ1v) is 7.44. The van der Waals surface area contributed by atoms with Gasteiger partial charge in [-0.2, -0.15) is 0 Å². The molecule has 0 aliphatic heterocycles. The van der Waals surface area contributed by atoms with Gasteiger partial charge in [0.2, 0.25) is 0 Å². The number of thiophene rings is 1. The zero-order valence-electron chi connectivity index (χ0n) is 9.40. The topological polar surface area (TPSA) is 51.8 Å². The Morgan fingerprint density at radius 1 is 1.35 bits per heavy atom. The second kappa shape index (κ2) is 4.20. The van der Waals surface area contributed by atoms with E-state index in [2.05, 4.69) is 46.6 Å². The second-order valence-electron chi connectivity index (χ2n) is 4.32. The molecule has 0 amide bonds. The van der Waals surface area contributed by atoms with Crippen molar-refractivity contribution in [1.29, 1.82) is 0 Å². The third-order valence-electron chi connectivity index (χ3n) is 2.83. The molecule has 2 heterocycles. The van der Waals surface area contributed by atoms with Gasteiger partial charge < -0.3 is 5.73 Å². The van der Waals surface area contributed by atoms with Crippen LogP contribution in [-0.2, 0) is 0 Å². The predicted molar refractivity (Wildman–Crippen MR) is 79.2 cm³/mol. The summed E-state index contributed by atoms with van der Waals surface area (Å²) in [5.41, 5.74) is 7.12. The minimum Gasteiger partial charge on any atom is -0.383 e. The van der Waals surface area contributed by atoms with Crippen LogP contribution >= 0.6 is 33.9 Å². The molecule has 2 aromatic heterocycles. The van der Waals surface area contributed by atoms with Crippen LogP contribution in [0.4, 0.5) is 5.82 Å². The number of nitrogens with zero attached hydrogens (tertiary/aromatic N) is 2. The van der Waals surface area contributed by atoms with E-state index < -0.39 is 0 Å². The molecule has 0 saturated heterocycles. The summed E-state index contributed by atoms with van der Waals surface area (Å²) in [5, 5.41) is 0. The number of rotatable bonds is 2. The first-order chi connectivity index (χ1) is 8.15. The molecular weight excluding hydrogens is 345 g/mol. The quantitative estimate of drug-likeness (QED) is 0.836. The number of hydrogen-bond acceptors (Lipinski definition) is 4. The molecule has 3 nitrogen and oxygen atoms in total. The molecule has 0 spiro atoms. The average Bonchev–Trinajstić information content (AvgIpc) is 3.05. The fourth-order valence-corrected chi connectivity index (χ4v) is 3.26. The molecule has 1 saturated carbocycles. The van der Waals surface area contributed by atoms with E-state index in [0.29, 0.717) is 11.7 Å². The van der Waals surface area contributed by atoms with Crippen molar-refractivity contribution < 1.29 is 0 Å².